The van der Waals surface area contributed by atoms with E-state index in [9.17, 15) is 5.11 Å². The topological polar surface area (TPSA) is 46.0 Å². The number of nitrogens with zero attached hydrogens (tertiary/aromatic N) is 2. The van der Waals surface area contributed by atoms with E-state index in [1.807, 2.05) is 37.3 Å². The monoisotopic (exact) mass is 200 g/mol. The van der Waals surface area contributed by atoms with Crippen LogP contribution < -0.4 is 0 Å². The van der Waals surface area contributed by atoms with Crippen molar-refractivity contribution in [3.63, 3.8) is 0 Å². The Hall–Kier alpha value is -1.90. The maximum atomic E-state index is 9.60. The number of hydrogen-bond donors (Lipinski definition) is 1. The Kier molecular flexibility index (Phi) is 2.63. The Labute approximate surface area is 88.5 Å². The van der Waals surface area contributed by atoms with E-state index in [0.29, 0.717) is 6.42 Å². The zero-order valence-corrected chi connectivity index (χ0v) is 8.51. The van der Waals surface area contributed by atoms with Crippen molar-refractivity contribution in [2.45, 2.75) is 13.3 Å². The van der Waals surface area contributed by atoms with Crippen LogP contribution in [-0.4, -0.2) is 15.1 Å². The van der Waals surface area contributed by atoms with Crippen LogP contribution in [0.4, 0.5) is 0 Å². The Morgan fingerprint density at radius 3 is 2.53 bits per heavy atom. The molecular formula is C12H12N2O. The molecule has 0 aliphatic rings. The first-order valence-corrected chi connectivity index (χ1v) is 4.81. The molecule has 2 aromatic rings. The first kappa shape index (κ1) is 9.65. The summed E-state index contributed by atoms with van der Waals surface area (Å²) in [6.07, 6.45) is 2.04. The molecular weight excluding hydrogens is 188 g/mol. The predicted molar refractivity (Wildman–Crippen MR) is 57.7 cm³/mol. The standard InChI is InChI=1S/C12H12N2O/c1-9-11(12(15)14-8-13-9)7-10-5-3-2-4-6-10/h2-6,8H,7H2,1H3,(H,13,14,15). The Morgan fingerprint density at radius 1 is 1.13 bits per heavy atom. The maximum Gasteiger partial charge on any atom is 0.217 e. The van der Waals surface area contributed by atoms with Crippen LogP contribution in [-0.2, 0) is 6.42 Å². The SMILES string of the molecule is Cc1ncnc(O)c1Cc1ccccc1. The van der Waals surface area contributed by atoms with Crippen molar-refractivity contribution in [2.75, 3.05) is 0 Å². The smallest absolute Gasteiger partial charge is 0.217 e. The van der Waals surface area contributed by atoms with Gasteiger partial charge in [0.15, 0.2) is 0 Å². The van der Waals surface area contributed by atoms with Gasteiger partial charge >= 0.3 is 0 Å². The molecule has 0 amide bonds. The molecule has 1 aromatic carbocycles. The van der Waals surface area contributed by atoms with Crippen molar-refractivity contribution in [3.05, 3.63) is 53.5 Å². The number of benzene rings is 1. The van der Waals surface area contributed by atoms with Crippen molar-refractivity contribution in [3.8, 4) is 5.88 Å². The van der Waals surface area contributed by atoms with Crippen molar-refractivity contribution in [1.82, 2.24) is 9.97 Å². The van der Waals surface area contributed by atoms with E-state index in [-0.39, 0.29) is 5.88 Å². The largest absolute Gasteiger partial charge is 0.493 e. The van der Waals surface area contributed by atoms with Gasteiger partial charge in [-0.2, -0.15) is 0 Å². The van der Waals surface area contributed by atoms with E-state index >= 15 is 0 Å². The van der Waals surface area contributed by atoms with Gasteiger partial charge in [-0.25, -0.2) is 9.97 Å². The molecule has 1 aromatic heterocycles. The lowest BCUT2D eigenvalue weighted by Crippen LogP contribution is -1.96. The van der Waals surface area contributed by atoms with Gasteiger partial charge in [0.05, 0.1) is 0 Å². The summed E-state index contributed by atoms with van der Waals surface area (Å²) in [7, 11) is 0. The molecule has 0 spiro atoms. The number of aromatic hydroxyl groups is 1. The maximum absolute atomic E-state index is 9.60. The Bertz CT molecular complexity index is 434. The van der Waals surface area contributed by atoms with Crippen LogP contribution >= 0.6 is 0 Å². The highest BCUT2D eigenvalue weighted by molar-refractivity contribution is 5.33. The molecule has 76 valence electrons. The van der Waals surface area contributed by atoms with Gasteiger partial charge in [0.25, 0.3) is 0 Å². The van der Waals surface area contributed by atoms with E-state index in [1.165, 1.54) is 6.33 Å². The van der Waals surface area contributed by atoms with Gasteiger partial charge in [0.2, 0.25) is 5.88 Å². The summed E-state index contributed by atoms with van der Waals surface area (Å²) in [5.41, 5.74) is 2.76. The number of rotatable bonds is 2. The minimum atomic E-state index is 0.0753. The highest BCUT2D eigenvalue weighted by atomic mass is 16.3. The summed E-state index contributed by atoms with van der Waals surface area (Å²) in [4.78, 5) is 7.85. The summed E-state index contributed by atoms with van der Waals surface area (Å²) < 4.78 is 0. The van der Waals surface area contributed by atoms with Crippen LogP contribution in [0.25, 0.3) is 0 Å². The first-order valence-electron chi connectivity index (χ1n) is 4.81. The summed E-state index contributed by atoms with van der Waals surface area (Å²) in [6, 6.07) is 9.96. The van der Waals surface area contributed by atoms with Gasteiger partial charge < -0.3 is 5.11 Å². The second kappa shape index (κ2) is 4.09. The average molecular weight is 200 g/mol. The lowest BCUT2D eigenvalue weighted by Gasteiger charge is -2.05. The normalized spacial score (nSPS) is 10.2. The molecule has 0 saturated heterocycles. The molecule has 0 atom stereocenters. The van der Waals surface area contributed by atoms with Gasteiger partial charge in [0, 0.05) is 17.7 Å². The van der Waals surface area contributed by atoms with Crippen LogP contribution in [0.3, 0.4) is 0 Å². The van der Waals surface area contributed by atoms with Crippen molar-refractivity contribution in [1.29, 1.82) is 0 Å². The summed E-state index contributed by atoms with van der Waals surface area (Å²) in [5.74, 6) is 0.0753. The second-order valence-corrected chi connectivity index (χ2v) is 3.42. The molecule has 2 rings (SSSR count). The van der Waals surface area contributed by atoms with Crippen LogP contribution in [0.5, 0.6) is 5.88 Å². The molecule has 0 unspecified atom stereocenters. The number of aryl methyl sites for hydroxylation is 1. The van der Waals surface area contributed by atoms with Gasteiger partial charge in [0.1, 0.15) is 6.33 Å². The minimum Gasteiger partial charge on any atom is -0.493 e. The van der Waals surface area contributed by atoms with Crippen molar-refractivity contribution >= 4 is 0 Å². The lowest BCUT2D eigenvalue weighted by molar-refractivity contribution is 0.444. The third kappa shape index (κ3) is 2.13. The third-order valence-electron chi connectivity index (χ3n) is 2.36. The fourth-order valence-corrected chi connectivity index (χ4v) is 1.49. The average Bonchev–Trinajstić information content (AvgIpc) is 2.25. The number of hydrogen-bond acceptors (Lipinski definition) is 3. The van der Waals surface area contributed by atoms with Crippen LogP contribution in [0.1, 0.15) is 16.8 Å². The molecule has 0 aliphatic carbocycles. The van der Waals surface area contributed by atoms with E-state index < -0.39 is 0 Å². The van der Waals surface area contributed by atoms with Gasteiger partial charge in [-0.05, 0) is 12.5 Å². The molecule has 15 heavy (non-hydrogen) atoms. The molecule has 0 radical (unpaired) electrons. The van der Waals surface area contributed by atoms with Crippen LogP contribution in [0.15, 0.2) is 36.7 Å². The third-order valence-corrected chi connectivity index (χ3v) is 2.36. The van der Waals surface area contributed by atoms with Crippen molar-refractivity contribution < 1.29 is 5.11 Å². The molecule has 1 N–H and O–H groups in total. The second-order valence-electron chi connectivity index (χ2n) is 3.42. The fourth-order valence-electron chi connectivity index (χ4n) is 1.49. The summed E-state index contributed by atoms with van der Waals surface area (Å²) in [5, 5.41) is 9.60. The highest BCUT2D eigenvalue weighted by Gasteiger charge is 2.07. The van der Waals surface area contributed by atoms with Crippen molar-refractivity contribution in [2.24, 2.45) is 0 Å². The predicted octanol–water partition coefficient (Wildman–Crippen LogP) is 2.08. The van der Waals surface area contributed by atoms with Gasteiger partial charge in [-0.3, -0.25) is 0 Å². The molecule has 3 heteroatoms. The Balaban J connectivity index is 2.32. The van der Waals surface area contributed by atoms with E-state index in [0.717, 1.165) is 16.8 Å². The summed E-state index contributed by atoms with van der Waals surface area (Å²) >= 11 is 0. The molecule has 0 fully saturated rings. The fraction of sp³-hybridized carbons (Fsp3) is 0.167. The quantitative estimate of drug-likeness (QED) is 0.807. The zero-order chi connectivity index (χ0) is 10.7. The van der Waals surface area contributed by atoms with E-state index in [4.69, 9.17) is 0 Å². The van der Waals surface area contributed by atoms with Gasteiger partial charge in [-0.15, -0.1) is 0 Å². The summed E-state index contributed by atoms with van der Waals surface area (Å²) in [6.45, 7) is 1.87. The molecule has 3 nitrogen and oxygen atoms in total. The first-order chi connectivity index (χ1) is 7.27. The van der Waals surface area contributed by atoms with Crippen LogP contribution in [0.2, 0.25) is 0 Å². The number of aromatic nitrogens is 2. The van der Waals surface area contributed by atoms with Gasteiger partial charge in [-0.1, -0.05) is 30.3 Å². The molecule has 0 bridgehead atoms. The molecule has 1 heterocycles. The lowest BCUT2D eigenvalue weighted by atomic mass is 10.1. The highest BCUT2D eigenvalue weighted by Crippen LogP contribution is 2.19. The molecule has 0 aliphatic heterocycles. The van der Waals surface area contributed by atoms with E-state index in [2.05, 4.69) is 9.97 Å². The minimum absolute atomic E-state index is 0.0753. The molecule has 0 saturated carbocycles. The van der Waals surface area contributed by atoms with Crippen LogP contribution in [0, 0.1) is 6.92 Å². The van der Waals surface area contributed by atoms with E-state index in [1.54, 1.807) is 0 Å². The zero-order valence-electron chi connectivity index (χ0n) is 8.51. The Morgan fingerprint density at radius 2 is 1.87 bits per heavy atom.